The zero-order valence-electron chi connectivity index (χ0n) is 18.7. The van der Waals surface area contributed by atoms with Gasteiger partial charge in [0.15, 0.2) is 5.16 Å². The summed E-state index contributed by atoms with van der Waals surface area (Å²) in [5.74, 6) is 1.19. The van der Waals surface area contributed by atoms with Gasteiger partial charge in [-0.2, -0.15) is 0 Å². The molecule has 0 unspecified atom stereocenters. The molecular formula is C23H27N5O4S. The maximum Gasteiger partial charge on any atom is 0.261 e. The van der Waals surface area contributed by atoms with E-state index in [-0.39, 0.29) is 23.4 Å². The number of aromatic nitrogens is 3. The van der Waals surface area contributed by atoms with Crippen molar-refractivity contribution in [1.29, 1.82) is 0 Å². The first-order valence-corrected chi connectivity index (χ1v) is 11.8. The van der Waals surface area contributed by atoms with Gasteiger partial charge in [-0.05, 0) is 43.2 Å². The summed E-state index contributed by atoms with van der Waals surface area (Å²) in [5, 5.41) is 4.12. The molecule has 10 heteroatoms. The molecule has 2 N–H and O–H groups in total. The summed E-state index contributed by atoms with van der Waals surface area (Å²) in [6.45, 7) is 1.21. The Bertz CT molecular complexity index is 1200. The molecule has 1 saturated heterocycles. The highest BCUT2D eigenvalue weighted by Crippen LogP contribution is 2.18. The molecule has 0 bridgehead atoms. The van der Waals surface area contributed by atoms with Crippen LogP contribution in [0.15, 0.2) is 46.5 Å². The standard InChI is InChI=1S/C23H27N5O4S/c1-27-11-9-18-20(27)25-23(26-21(18)30)33-14-10-19(29)24-16-7-12-28(13-8-16)22(31)15-3-5-17(32-2)6-4-15/h3-6,9,11,16H,7-8,10,12-14H2,1-2H3,(H,24,29)(H,25,26,30). The van der Waals surface area contributed by atoms with Crippen LogP contribution < -0.4 is 15.6 Å². The van der Waals surface area contributed by atoms with Gasteiger partial charge >= 0.3 is 0 Å². The van der Waals surface area contributed by atoms with Crippen LogP contribution in [0.25, 0.3) is 11.0 Å². The van der Waals surface area contributed by atoms with Gasteiger partial charge in [0.25, 0.3) is 11.5 Å². The summed E-state index contributed by atoms with van der Waals surface area (Å²) >= 11 is 1.35. The van der Waals surface area contributed by atoms with E-state index in [4.69, 9.17) is 4.74 Å². The average Bonchev–Trinajstić information content (AvgIpc) is 3.20. The Morgan fingerprint density at radius 3 is 2.64 bits per heavy atom. The summed E-state index contributed by atoms with van der Waals surface area (Å²) in [6, 6.07) is 8.89. The number of aromatic amines is 1. The molecule has 3 aromatic rings. The van der Waals surface area contributed by atoms with Gasteiger partial charge in [-0.1, -0.05) is 11.8 Å². The number of amides is 2. The summed E-state index contributed by atoms with van der Waals surface area (Å²) in [6.07, 6.45) is 3.56. The number of rotatable bonds is 7. The minimum absolute atomic E-state index is 0.00415. The zero-order valence-corrected chi connectivity index (χ0v) is 19.5. The van der Waals surface area contributed by atoms with Gasteiger partial charge in [0.2, 0.25) is 5.91 Å². The summed E-state index contributed by atoms with van der Waals surface area (Å²) in [7, 11) is 3.43. The maximum absolute atomic E-state index is 12.7. The van der Waals surface area contributed by atoms with E-state index < -0.39 is 0 Å². The molecular weight excluding hydrogens is 442 g/mol. The smallest absolute Gasteiger partial charge is 0.261 e. The van der Waals surface area contributed by atoms with Crippen molar-refractivity contribution >= 4 is 34.6 Å². The van der Waals surface area contributed by atoms with Crippen LogP contribution in [0, 0.1) is 0 Å². The minimum atomic E-state index is -0.177. The molecule has 1 fully saturated rings. The molecule has 0 atom stereocenters. The summed E-state index contributed by atoms with van der Waals surface area (Å²) in [5.41, 5.74) is 1.08. The van der Waals surface area contributed by atoms with Gasteiger partial charge in [0, 0.05) is 50.1 Å². The number of likely N-dealkylation sites (tertiary alicyclic amines) is 1. The highest BCUT2D eigenvalue weighted by molar-refractivity contribution is 7.99. The van der Waals surface area contributed by atoms with E-state index in [2.05, 4.69) is 15.3 Å². The predicted octanol–water partition coefficient (Wildman–Crippen LogP) is 2.17. The van der Waals surface area contributed by atoms with Crippen LogP contribution in [0.4, 0.5) is 0 Å². The SMILES string of the molecule is COc1ccc(C(=O)N2CCC(NC(=O)CCSc3nc4c(ccn4C)c(=O)[nH]3)CC2)cc1. The summed E-state index contributed by atoms with van der Waals surface area (Å²) in [4.78, 5) is 46.2. The topological polar surface area (TPSA) is 109 Å². The fourth-order valence-corrected chi connectivity index (χ4v) is 4.67. The number of fused-ring (bicyclic) bond motifs is 1. The highest BCUT2D eigenvalue weighted by Gasteiger charge is 2.24. The lowest BCUT2D eigenvalue weighted by atomic mass is 10.0. The number of H-pyrrole nitrogens is 1. The third-order valence-electron chi connectivity index (χ3n) is 5.76. The fraction of sp³-hybridized carbons (Fsp3) is 0.391. The number of piperidine rings is 1. The number of benzene rings is 1. The molecule has 3 heterocycles. The Hall–Kier alpha value is -3.27. The zero-order chi connectivity index (χ0) is 23.4. The van der Waals surface area contributed by atoms with Crippen LogP contribution in [0.1, 0.15) is 29.6 Å². The fourth-order valence-electron chi connectivity index (χ4n) is 3.88. The van der Waals surface area contributed by atoms with Crippen molar-refractivity contribution in [3.8, 4) is 5.75 Å². The van der Waals surface area contributed by atoms with Crippen molar-refractivity contribution < 1.29 is 14.3 Å². The molecule has 0 aliphatic carbocycles. The van der Waals surface area contributed by atoms with Gasteiger partial charge in [-0.25, -0.2) is 4.98 Å². The van der Waals surface area contributed by atoms with Gasteiger partial charge in [-0.3, -0.25) is 14.4 Å². The third kappa shape index (κ3) is 5.39. The highest BCUT2D eigenvalue weighted by atomic mass is 32.2. The van der Waals surface area contributed by atoms with Crippen LogP contribution in [-0.2, 0) is 11.8 Å². The first-order valence-electron chi connectivity index (χ1n) is 10.9. The van der Waals surface area contributed by atoms with Crippen LogP contribution in [0.5, 0.6) is 5.75 Å². The summed E-state index contributed by atoms with van der Waals surface area (Å²) < 4.78 is 6.93. The van der Waals surface area contributed by atoms with E-state index in [1.807, 2.05) is 11.9 Å². The van der Waals surface area contributed by atoms with Crippen LogP contribution in [-0.4, -0.2) is 63.2 Å². The molecule has 1 aliphatic rings. The van der Waals surface area contributed by atoms with Crippen molar-refractivity contribution in [2.75, 3.05) is 26.0 Å². The van der Waals surface area contributed by atoms with Crippen molar-refractivity contribution in [2.24, 2.45) is 7.05 Å². The molecule has 1 aliphatic heterocycles. The number of nitrogens with one attached hydrogen (secondary N) is 2. The van der Waals surface area contributed by atoms with Gasteiger partial charge in [0.05, 0.1) is 12.5 Å². The van der Waals surface area contributed by atoms with E-state index in [0.29, 0.717) is 52.8 Å². The normalized spacial score (nSPS) is 14.4. The molecule has 0 radical (unpaired) electrons. The molecule has 174 valence electrons. The van der Waals surface area contributed by atoms with Crippen molar-refractivity contribution in [3.05, 3.63) is 52.4 Å². The molecule has 2 amide bonds. The second-order valence-corrected chi connectivity index (χ2v) is 9.08. The number of aryl methyl sites for hydroxylation is 1. The predicted molar refractivity (Wildman–Crippen MR) is 127 cm³/mol. The number of carbonyl (C=O) groups excluding carboxylic acids is 2. The average molecular weight is 470 g/mol. The van der Waals surface area contributed by atoms with E-state index >= 15 is 0 Å². The molecule has 0 saturated carbocycles. The third-order valence-corrected chi connectivity index (χ3v) is 6.64. The van der Waals surface area contributed by atoms with E-state index in [9.17, 15) is 14.4 Å². The Kier molecular flexibility index (Phi) is 7.02. The van der Waals surface area contributed by atoms with E-state index in [0.717, 1.165) is 12.8 Å². The number of carbonyl (C=O) groups is 2. The number of methoxy groups -OCH3 is 1. The Balaban J connectivity index is 1.21. The number of hydrogen-bond acceptors (Lipinski definition) is 6. The van der Waals surface area contributed by atoms with Crippen LogP contribution >= 0.6 is 11.8 Å². The lowest BCUT2D eigenvalue weighted by Crippen LogP contribution is -2.46. The van der Waals surface area contributed by atoms with Crippen molar-refractivity contribution in [1.82, 2.24) is 24.8 Å². The largest absolute Gasteiger partial charge is 0.497 e. The Morgan fingerprint density at radius 2 is 1.94 bits per heavy atom. The quantitative estimate of drug-likeness (QED) is 0.406. The lowest BCUT2D eigenvalue weighted by Gasteiger charge is -2.32. The molecule has 33 heavy (non-hydrogen) atoms. The molecule has 4 rings (SSSR count). The van der Waals surface area contributed by atoms with Crippen molar-refractivity contribution in [3.63, 3.8) is 0 Å². The molecule has 1 aromatic carbocycles. The molecule has 0 spiro atoms. The lowest BCUT2D eigenvalue weighted by molar-refractivity contribution is -0.121. The van der Waals surface area contributed by atoms with E-state index in [1.54, 1.807) is 48.2 Å². The second kappa shape index (κ2) is 10.1. The first-order chi connectivity index (χ1) is 15.9. The first kappa shape index (κ1) is 22.9. The monoisotopic (exact) mass is 469 g/mol. The van der Waals surface area contributed by atoms with Gasteiger partial charge in [0.1, 0.15) is 11.4 Å². The van der Waals surface area contributed by atoms with Gasteiger partial charge in [-0.15, -0.1) is 0 Å². The Labute approximate surface area is 195 Å². The van der Waals surface area contributed by atoms with Gasteiger partial charge < -0.3 is 24.5 Å². The van der Waals surface area contributed by atoms with Crippen LogP contribution in [0.3, 0.4) is 0 Å². The number of hydrogen-bond donors (Lipinski definition) is 2. The number of ether oxygens (including phenoxy) is 1. The molecule has 9 nitrogen and oxygen atoms in total. The Morgan fingerprint density at radius 1 is 1.21 bits per heavy atom. The molecule has 2 aromatic heterocycles. The van der Waals surface area contributed by atoms with Crippen molar-refractivity contribution in [2.45, 2.75) is 30.5 Å². The second-order valence-electron chi connectivity index (χ2n) is 8.00. The van der Waals surface area contributed by atoms with E-state index in [1.165, 1.54) is 11.8 Å². The number of nitrogens with zero attached hydrogens (tertiary/aromatic N) is 3. The minimum Gasteiger partial charge on any atom is -0.497 e. The number of thioether (sulfide) groups is 1. The van der Waals surface area contributed by atoms with Crippen LogP contribution in [0.2, 0.25) is 0 Å². The maximum atomic E-state index is 12.7.